The third kappa shape index (κ3) is 4.69. The van der Waals surface area contributed by atoms with Gasteiger partial charge in [0.1, 0.15) is 17.3 Å². The molecular weight excluding hydrogens is 380 g/mol. The van der Waals surface area contributed by atoms with E-state index in [1.807, 2.05) is 18.2 Å². The van der Waals surface area contributed by atoms with Crippen LogP contribution in [0.25, 0.3) is 0 Å². The van der Waals surface area contributed by atoms with Crippen molar-refractivity contribution in [3.05, 3.63) is 71.1 Å². The molecule has 3 aromatic rings. The third-order valence-electron chi connectivity index (χ3n) is 3.92. The second kappa shape index (κ2) is 9.05. The maximum Gasteiger partial charge on any atom is 0.253 e. The van der Waals surface area contributed by atoms with Crippen LogP contribution in [0, 0.1) is 0 Å². The number of benzene rings is 1. The van der Waals surface area contributed by atoms with Gasteiger partial charge in [-0.05, 0) is 24.3 Å². The maximum absolute atomic E-state index is 12.3. The summed E-state index contributed by atoms with van der Waals surface area (Å²) < 4.78 is 10.6. The number of aromatic nitrogens is 2. The highest BCUT2D eigenvalue weighted by molar-refractivity contribution is 6.32. The number of pyridine rings is 2. The Hall–Kier alpha value is -3.32. The summed E-state index contributed by atoms with van der Waals surface area (Å²) in [6.07, 6.45) is 3.18. The normalized spacial score (nSPS) is 10.2. The largest absolute Gasteiger partial charge is 0.495 e. The van der Waals surface area contributed by atoms with Crippen molar-refractivity contribution in [3.63, 3.8) is 0 Å². The first kappa shape index (κ1) is 19.4. The SMILES string of the molecule is COc1cc(Nc2ccc(C(=O)NCc3ccccn3)cn2)c(OC)cc1Cl. The van der Waals surface area contributed by atoms with E-state index in [9.17, 15) is 4.79 Å². The predicted molar refractivity (Wildman–Crippen MR) is 107 cm³/mol. The topological polar surface area (TPSA) is 85.4 Å². The van der Waals surface area contributed by atoms with Gasteiger partial charge in [-0.25, -0.2) is 4.98 Å². The molecule has 2 N–H and O–H groups in total. The van der Waals surface area contributed by atoms with Crippen LogP contribution in [0.3, 0.4) is 0 Å². The highest BCUT2D eigenvalue weighted by Gasteiger charge is 2.11. The number of ether oxygens (including phenoxy) is 2. The van der Waals surface area contributed by atoms with E-state index in [0.717, 1.165) is 5.69 Å². The van der Waals surface area contributed by atoms with Gasteiger partial charge in [0.2, 0.25) is 0 Å². The lowest BCUT2D eigenvalue weighted by atomic mass is 10.2. The van der Waals surface area contributed by atoms with Crippen LogP contribution in [-0.4, -0.2) is 30.1 Å². The van der Waals surface area contributed by atoms with E-state index in [0.29, 0.717) is 40.1 Å². The molecule has 7 nitrogen and oxygen atoms in total. The Balaban J connectivity index is 1.68. The van der Waals surface area contributed by atoms with Crippen molar-refractivity contribution in [2.75, 3.05) is 19.5 Å². The van der Waals surface area contributed by atoms with Crippen molar-refractivity contribution in [1.82, 2.24) is 15.3 Å². The van der Waals surface area contributed by atoms with Crippen molar-refractivity contribution in [3.8, 4) is 11.5 Å². The van der Waals surface area contributed by atoms with Crippen molar-refractivity contribution in [2.45, 2.75) is 6.54 Å². The van der Waals surface area contributed by atoms with Gasteiger partial charge in [-0.15, -0.1) is 0 Å². The van der Waals surface area contributed by atoms with E-state index in [1.165, 1.54) is 13.3 Å². The zero-order valence-corrected chi connectivity index (χ0v) is 16.2. The van der Waals surface area contributed by atoms with Gasteiger partial charge in [0.15, 0.2) is 0 Å². The quantitative estimate of drug-likeness (QED) is 0.629. The Morgan fingerprint density at radius 1 is 1.07 bits per heavy atom. The van der Waals surface area contributed by atoms with Gasteiger partial charge in [-0.3, -0.25) is 9.78 Å². The fourth-order valence-electron chi connectivity index (χ4n) is 2.47. The van der Waals surface area contributed by atoms with E-state index in [1.54, 1.807) is 37.6 Å². The van der Waals surface area contributed by atoms with Gasteiger partial charge >= 0.3 is 0 Å². The summed E-state index contributed by atoms with van der Waals surface area (Å²) in [6.45, 7) is 0.349. The molecule has 1 aromatic carbocycles. The van der Waals surface area contributed by atoms with Crippen LogP contribution in [0.2, 0.25) is 5.02 Å². The van der Waals surface area contributed by atoms with Gasteiger partial charge in [0.05, 0.1) is 42.7 Å². The molecule has 0 bridgehead atoms. The number of hydrogen-bond donors (Lipinski definition) is 2. The lowest BCUT2D eigenvalue weighted by Crippen LogP contribution is -2.23. The number of amides is 1. The number of nitrogens with zero attached hydrogens (tertiary/aromatic N) is 2. The maximum atomic E-state index is 12.3. The molecule has 2 heterocycles. The summed E-state index contributed by atoms with van der Waals surface area (Å²) in [5.74, 6) is 1.37. The summed E-state index contributed by atoms with van der Waals surface area (Å²) in [5.41, 5.74) is 1.87. The molecule has 1 amide bonds. The highest BCUT2D eigenvalue weighted by Crippen LogP contribution is 2.37. The number of methoxy groups -OCH3 is 2. The minimum absolute atomic E-state index is 0.226. The van der Waals surface area contributed by atoms with Gasteiger partial charge in [-0.1, -0.05) is 17.7 Å². The summed E-state index contributed by atoms with van der Waals surface area (Å²) in [6, 6.07) is 12.3. The molecule has 0 aliphatic carbocycles. The van der Waals surface area contributed by atoms with Crippen molar-refractivity contribution in [1.29, 1.82) is 0 Å². The number of halogens is 1. The first-order valence-electron chi connectivity index (χ1n) is 8.43. The van der Waals surface area contributed by atoms with E-state index < -0.39 is 0 Å². The third-order valence-corrected chi connectivity index (χ3v) is 4.21. The standard InChI is InChI=1S/C20H19ClN4O3/c1-27-17-10-16(18(28-2)9-15(17)21)25-19-7-6-13(11-23-19)20(26)24-12-14-5-3-4-8-22-14/h3-11H,12H2,1-2H3,(H,23,25)(H,24,26). The van der Waals surface area contributed by atoms with Crippen LogP contribution in [-0.2, 0) is 6.54 Å². The van der Waals surface area contributed by atoms with Crippen molar-refractivity contribution < 1.29 is 14.3 Å². The van der Waals surface area contributed by atoms with Crippen LogP contribution < -0.4 is 20.1 Å². The van der Waals surface area contributed by atoms with E-state index in [4.69, 9.17) is 21.1 Å². The minimum Gasteiger partial charge on any atom is -0.495 e. The van der Waals surface area contributed by atoms with Gasteiger partial charge in [0, 0.05) is 24.5 Å². The van der Waals surface area contributed by atoms with E-state index >= 15 is 0 Å². The molecule has 28 heavy (non-hydrogen) atoms. The first-order chi connectivity index (χ1) is 13.6. The zero-order chi connectivity index (χ0) is 19.9. The van der Waals surface area contributed by atoms with Crippen LogP contribution in [0.4, 0.5) is 11.5 Å². The number of carbonyl (C=O) groups is 1. The minimum atomic E-state index is -0.226. The molecule has 0 saturated carbocycles. The molecule has 0 fully saturated rings. The number of hydrogen-bond acceptors (Lipinski definition) is 6. The molecule has 0 saturated heterocycles. The van der Waals surface area contributed by atoms with Crippen LogP contribution >= 0.6 is 11.6 Å². The van der Waals surface area contributed by atoms with Crippen molar-refractivity contribution >= 4 is 29.0 Å². The summed E-state index contributed by atoms with van der Waals surface area (Å²) >= 11 is 6.12. The molecule has 3 rings (SSSR count). The zero-order valence-electron chi connectivity index (χ0n) is 15.4. The molecule has 2 aromatic heterocycles. The molecule has 0 spiro atoms. The smallest absolute Gasteiger partial charge is 0.253 e. The Morgan fingerprint density at radius 3 is 2.54 bits per heavy atom. The van der Waals surface area contributed by atoms with Crippen LogP contribution in [0.1, 0.15) is 16.1 Å². The first-order valence-corrected chi connectivity index (χ1v) is 8.81. The molecule has 0 aliphatic rings. The number of carbonyl (C=O) groups excluding carboxylic acids is 1. The molecule has 0 aliphatic heterocycles. The van der Waals surface area contributed by atoms with E-state index in [-0.39, 0.29) is 5.91 Å². The lowest BCUT2D eigenvalue weighted by Gasteiger charge is -2.13. The molecule has 0 unspecified atom stereocenters. The monoisotopic (exact) mass is 398 g/mol. The van der Waals surface area contributed by atoms with Crippen molar-refractivity contribution in [2.24, 2.45) is 0 Å². The Kier molecular flexibility index (Phi) is 6.29. The molecule has 144 valence electrons. The number of rotatable bonds is 7. The molecule has 0 radical (unpaired) electrons. The second-order valence-corrected chi connectivity index (χ2v) is 6.16. The summed E-state index contributed by atoms with van der Waals surface area (Å²) in [4.78, 5) is 20.7. The highest BCUT2D eigenvalue weighted by atomic mass is 35.5. The van der Waals surface area contributed by atoms with E-state index in [2.05, 4.69) is 20.6 Å². The average Bonchev–Trinajstić information content (AvgIpc) is 2.74. The fourth-order valence-corrected chi connectivity index (χ4v) is 2.70. The van der Waals surface area contributed by atoms with Crippen LogP contribution in [0.15, 0.2) is 54.9 Å². The summed E-state index contributed by atoms with van der Waals surface area (Å²) in [7, 11) is 3.08. The fraction of sp³-hybridized carbons (Fsp3) is 0.150. The van der Waals surface area contributed by atoms with Gasteiger partial charge < -0.3 is 20.1 Å². The Bertz CT molecular complexity index is 950. The van der Waals surface area contributed by atoms with Crippen LogP contribution in [0.5, 0.6) is 11.5 Å². The molecular formula is C20H19ClN4O3. The molecule has 0 atom stereocenters. The average molecular weight is 399 g/mol. The Morgan fingerprint density at radius 2 is 1.89 bits per heavy atom. The number of anilines is 2. The summed E-state index contributed by atoms with van der Waals surface area (Å²) in [5, 5.41) is 6.39. The predicted octanol–water partition coefficient (Wildman–Crippen LogP) is 3.82. The Labute approximate surface area is 167 Å². The van der Waals surface area contributed by atoms with Gasteiger partial charge in [0.25, 0.3) is 5.91 Å². The molecule has 8 heteroatoms. The lowest BCUT2D eigenvalue weighted by molar-refractivity contribution is 0.0950. The van der Waals surface area contributed by atoms with Gasteiger partial charge in [-0.2, -0.15) is 0 Å². The second-order valence-electron chi connectivity index (χ2n) is 5.75. The number of nitrogens with one attached hydrogen (secondary N) is 2.